The third kappa shape index (κ3) is 3.82. The Kier molecular flexibility index (Phi) is 4.72. The van der Waals surface area contributed by atoms with E-state index in [9.17, 15) is 4.79 Å². The average molecular weight is 253 g/mol. The standard InChI is InChI=1S/C12H19N3O3/c13-11(5-9-6-14-8-15-9)12(16)18-7-10-3-1-2-4-17-10/h6,8,10-11H,1-5,7,13H2,(H,14,15). The first-order chi connectivity index (χ1) is 8.75. The highest BCUT2D eigenvalue weighted by Gasteiger charge is 2.20. The van der Waals surface area contributed by atoms with Gasteiger partial charge in [0.15, 0.2) is 0 Å². The molecule has 2 unspecified atom stereocenters. The molecule has 1 aromatic heterocycles. The molecule has 2 atom stereocenters. The number of carbonyl (C=O) groups excluding carboxylic acids is 1. The first-order valence-corrected chi connectivity index (χ1v) is 6.27. The molecule has 0 amide bonds. The number of rotatable bonds is 5. The number of aromatic amines is 1. The Morgan fingerprint density at radius 2 is 2.56 bits per heavy atom. The number of nitrogens with zero attached hydrogens (tertiary/aromatic N) is 1. The van der Waals surface area contributed by atoms with Gasteiger partial charge in [0.05, 0.1) is 12.4 Å². The van der Waals surface area contributed by atoms with E-state index in [4.69, 9.17) is 15.2 Å². The van der Waals surface area contributed by atoms with Gasteiger partial charge in [-0.3, -0.25) is 4.79 Å². The zero-order valence-corrected chi connectivity index (χ0v) is 10.3. The summed E-state index contributed by atoms with van der Waals surface area (Å²) in [5, 5.41) is 0. The van der Waals surface area contributed by atoms with E-state index in [0.717, 1.165) is 31.6 Å². The fourth-order valence-corrected chi connectivity index (χ4v) is 1.94. The van der Waals surface area contributed by atoms with E-state index in [1.165, 1.54) is 0 Å². The number of esters is 1. The van der Waals surface area contributed by atoms with E-state index in [-0.39, 0.29) is 6.10 Å². The Bertz CT molecular complexity index is 361. The lowest BCUT2D eigenvalue weighted by molar-refractivity contribution is -0.150. The Morgan fingerprint density at radius 1 is 1.67 bits per heavy atom. The van der Waals surface area contributed by atoms with Crippen LogP contribution in [0.2, 0.25) is 0 Å². The van der Waals surface area contributed by atoms with Gasteiger partial charge in [-0.05, 0) is 19.3 Å². The number of H-pyrrole nitrogens is 1. The molecule has 1 saturated heterocycles. The van der Waals surface area contributed by atoms with Crippen molar-refractivity contribution in [1.29, 1.82) is 0 Å². The SMILES string of the molecule is NC(Cc1cnc[nH]1)C(=O)OCC1CCCCO1. The maximum absolute atomic E-state index is 11.7. The fraction of sp³-hybridized carbons (Fsp3) is 0.667. The summed E-state index contributed by atoms with van der Waals surface area (Å²) < 4.78 is 10.6. The van der Waals surface area contributed by atoms with E-state index < -0.39 is 12.0 Å². The summed E-state index contributed by atoms with van der Waals surface area (Å²) in [4.78, 5) is 18.5. The number of carbonyl (C=O) groups is 1. The zero-order valence-electron chi connectivity index (χ0n) is 10.3. The molecule has 1 fully saturated rings. The molecule has 1 aliphatic heterocycles. The molecule has 6 heteroatoms. The largest absolute Gasteiger partial charge is 0.462 e. The van der Waals surface area contributed by atoms with Gasteiger partial charge < -0.3 is 20.2 Å². The average Bonchev–Trinajstić information content (AvgIpc) is 2.90. The number of nitrogens with one attached hydrogen (secondary N) is 1. The lowest BCUT2D eigenvalue weighted by atomic mass is 10.1. The molecule has 100 valence electrons. The topological polar surface area (TPSA) is 90.2 Å². The van der Waals surface area contributed by atoms with E-state index in [2.05, 4.69) is 9.97 Å². The third-order valence-electron chi connectivity index (χ3n) is 2.98. The summed E-state index contributed by atoms with van der Waals surface area (Å²) in [6, 6.07) is -0.658. The van der Waals surface area contributed by atoms with Gasteiger partial charge in [-0.1, -0.05) is 0 Å². The first-order valence-electron chi connectivity index (χ1n) is 6.27. The number of nitrogens with two attached hydrogens (primary N) is 1. The van der Waals surface area contributed by atoms with Gasteiger partial charge in [-0.2, -0.15) is 0 Å². The number of ether oxygens (including phenoxy) is 2. The predicted molar refractivity (Wildman–Crippen MR) is 64.8 cm³/mol. The molecule has 6 nitrogen and oxygen atoms in total. The van der Waals surface area contributed by atoms with Crippen molar-refractivity contribution < 1.29 is 14.3 Å². The molecule has 2 rings (SSSR count). The molecule has 18 heavy (non-hydrogen) atoms. The van der Waals surface area contributed by atoms with Gasteiger partial charge in [0.25, 0.3) is 0 Å². The second kappa shape index (κ2) is 6.51. The van der Waals surface area contributed by atoms with Crippen LogP contribution in [0.5, 0.6) is 0 Å². The number of aromatic nitrogens is 2. The summed E-state index contributed by atoms with van der Waals surface area (Å²) in [5.41, 5.74) is 6.59. The molecule has 0 spiro atoms. The number of hydrogen-bond donors (Lipinski definition) is 2. The number of hydrogen-bond acceptors (Lipinski definition) is 5. The molecule has 0 saturated carbocycles. The number of imidazole rings is 1. The van der Waals surface area contributed by atoms with Gasteiger partial charge >= 0.3 is 5.97 Å². The maximum atomic E-state index is 11.7. The second-order valence-electron chi connectivity index (χ2n) is 4.51. The Morgan fingerprint density at radius 3 is 3.22 bits per heavy atom. The van der Waals surface area contributed by atoms with E-state index >= 15 is 0 Å². The van der Waals surface area contributed by atoms with Crippen molar-refractivity contribution in [2.45, 2.75) is 37.8 Å². The van der Waals surface area contributed by atoms with Gasteiger partial charge in [-0.15, -0.1) is 0 Å². The van der Waals surface area contributed by atoms with Crippen LogP contribution in [0, 0.1) is 0 Å². The molecule has 0 aliphatic carbocycles. The van der Waals surface area contributed by atoms with Crippen molar-refractivity contribution in [2.75, 3.05) is 13.2 Å². The molecule has 0 bridgehead atoms. The van der Waals surface area contributed by atoms with E-state index in [0.29, 0.717) is 13.0 Å². The molecule has 2 heterocycles. The van der Waals surface area contributed by atoms with Crippen LogP contribution in [0.15, 0.2) is 12.5 Å². The Labute approximate surface area is 106 Å². The smallest absolute Gasteiger partial charge is 0.323 e. The summed E-state index contributed by atoms with van der Waals surface area (Å²) in [6.07, 6.45) is 6.81. The predicted octanol–water partition coefficient (Wildman–Crippen LogP) is 0.392. The summed E-state index contributed by atoms with van der Waals surface area (Å²) in [6.45, 7) is 1.05. The lowest BCUT2D eigenvalue weighted by Gasteiger charge is -2.22. The monoisotopic (exact) mass is 253 g/mol. The fourth-order valence-electron chi connectivity index (χ4n) is 1.94. The second-order valence-corrected chi connectivity index (χ2v) is 4.51. The molecule has 0 radical (unpaired) electrons. The van der Waals surface area contributed by atoms with Gasteiger partial charge in [-0.25, -0.2) is 4.98 Å². The van der Waals surface area contributed by atoms with Crippen LogP contribution < -0.4 is 5.73 Å². The van der Waals surface area contributed by atoms with Crippen LogP contribution in [-0.4, -0.2) is 41.3 Å². The highest BCUT2D eigenvalue weighted by atomic mass is 16.6. The van der Waals surface area contributed by atoms with Crippen molar-refractivity contribution in [3.05, 3.63) is 18.2 Å². The van der Waals surface area contributed by atoms with Gasteiger partial charge in [0.1, 0.15) is 12.6 Å². The highest BCUT2D eigenvalue weighted by Crippen LogP contribution is 2.13. The van der Waals surface area contributed by atoms with Crippen LogP contribution in [0.4, 0.5) is 0 Å². The quantitative estimate of drug-likeness (QED) is 0.741. The molecule has 1 aliphatic rings. The van der Waals surface area contributed by atoms with Crippen LogP contribution in [0.3, 0.4) is 0 Å². The van der Waals surface area contributed by atoms with Crippen molar-refractivity contribution in [2.24, 2.45) is 5.73 Å². The highest BCUT2D eigenvalue weighted by molar-refractivity contribution is 5.75. The minimum atomic E-state index is -0.658. The van der Waals surface area contributed by atoms with Crippen molar-refractivity contribution >= 4 is 5.97 Å². The van der Waals surface area contributed by atoms with E-state index in [1.54, 1.807) is 12.5 Å². The Hall–Kier alpha value is -1.40. The summed E-state index contributed by atoms with van der Waals surface area (Å²) in [5.74, 6) is -0.390. The molecule has 0 aromatic carbocycles. The van der Waals surface area contributed by atoms with Gasteiger partial charge in [0, 0.05) is 24.9 Å². The van der Waals surface area contributed by atoms with Crippen LogP contribution in [0.1, 0.15) is 25.0 Å². The molecule has 3 N–H and O–H groups in total. The minimum absolute atomic E-state index is 0.0297. The normalized spacial score (nSPS) is 21.5. The summed E-state index contributed by atoms with van der Waals surface area (Å²) in [7, 11) is 0. The Balaban J connectivity index is 1.70. The molecular formula is C12H19N3O3. The maximum Gasteiger partial charge on any atom is 0.323 e. The molecular weight excluding hydrogens is 234 g/mol. The van der Waals surface area contributed by atoms with Crippen molar-refractivity contribution in [3.63, 3.8) is 0 Å². The van der Waals surface area contributed by atoms with Crippen LogP contribution in [0.25, 0.3) is 0 Å². The minimum Gasteiger partial charge on any atom is -0.462 e. The van der Waals surface area contributed by atoms with E-state index in [1.807, 2.05) is 0 Å². The lowest BCUT2D eigenvalue weighted by Crippen LogP contribution is -2.36. The van der Waals surface area contributed by atoms with Crippen molar-refractivity contribution in [1.82, 2.24) is 9.97 Å². The van der Waals surface area contributed by atoms with Gasteiger partial charge in [0.2, 0.25) is 0 Å². The first kappa shape index (κ1) is 13.0. The van der Waals surface area contributed by atoms with Crippen LogP contribution in [-0.2, 0) is 20.7 Å². The molecule has 1 aromatic rings. The zero-order chi connectivity index (χ0) is 12.8. The van der Waals surface area contributed by atoms with Crippen molar-refractivity contribution in [3.8, 4) is 0 Å². The van der Waals surface area contributed by atoms with Crippen LogP contribution >= 0.6 is 0 Å². The third-order valence-corrected chi connectivity index (χ3v) is 2.98. The summed E-state index contributed by atoms with van der Waals surface area (Å²) >= 11 is 0.